The molecule has 2 nitrogen and oxygen atoms in total. The van der Waals surface area contributed by atoms with Gasteiger partial charge in [-0.3, -0.25) is 0 Å². The van der Waals surface area contributed by atoms with Gasteiger partial charge >= 0.3 is 0 Å². The predicted octanol–water partition coefficient (Wildman–Crippen LogP) is 1.34. The van der Waals surface area contributed by atoms with Crippen LogP contribution in [0, 0.1) is 5.41 Å². The lowest BCUT2D eigenvalue weighted by Gasteiger charge is -2.14. The summed E-state index contributed by atoms with van der Waals surface area (Å²) in [6, 6.07) is 0. The summed E-state index contributed by atoms with van der Waals surface area (Å²) in [5, 5.41) is 8.93. The van der Waals surface area contributed by atoms with Crippen molar-refractivity contribution in [1.82, 2.24) is 0 Å². The number of aliphatic hydroxyl groups is 1. The number of aliphatic hydroxyl groups excluding tert-OH is 1. The minimum atomic E-state index is -0.0164. The first-order valence-corrected chi connectivity index (χ1v) is 4.03. The number of hydrogen-bond acceptors (Lipinski definition) is 2. The van der Waals surface area contributed by atoms with Crippen LogP contribution in [0.3, 0.4) is 0 Å². The van der Waals surface area contributed by atoms with Crippen molar-refractivity contribution < 1.29 is 5.11 Å². The summed E-state index contributed by atoms with van der Waals surface area (Å²) in [5.74, 6) is 0. The van der Waals surface area contributed by atoms with E-state index in [1.54, 1.807) is 0 Å². The van der Waals surface area contributed by atoms with Crippen LogP contribution in [0.25, 0.3) is 0 Å². The summed E-state index contributed by atoms with van der Waals surface area (Å²) in [4.78, 5) is 0. The van der Waals surface area contributed by atoms with Crippen LogP contribution in [0.2, 0.25) is 0 Å². The van der Waals surface area contributed by atoms with Crippen LogP contribution in [0.15, 0.2) is 35.6 Å². The van der Waals surface area contributed by atoms with Gasteiger partial charge in [0.1, 0.15) is 0 Å². The third kappa shape index (κ3) is 1.98. The Morgan fingerprint density at radius 2 is 2.17 bits per heavy atom. The van der Waals surface area contributed by atoms with Crippen molar-refractivity contribution in [3.8, 4) is 0 Å². The average Bonchev–Trinajstić information content (AvgIpc) is 2.07. The standard InChI is InChI=1S/C10H15NO/c1-10(2)5-3-4-8(7-12)9(11)6-10/h3-6,12H,7,11H2,1-2H3. The monoisotopic (exact) mass is 165 g/mol. The van der Waals surface area contributed by atoms with E-state index in [2.05, 4.69) is 19.9 Å². The van der Waals surface area contributed by atoms with E-state index in [1.165, 1.54) is 0 Å². The molecule has 0 fully saturated rings. The highest BCUT2D eigenvalue weighted by Gasteiger charge is 2.13. The summed E-state index contributed by atoms with van der Waals surface area (Å²) >= 11 is 0. The molecule has 0 aromatic carbocycles. The van der Waals surface area contributed by atoms with Crippen LogP contribution in [-0.2, 0) is 0 Å². The van der Waals surface area contributed by atoms with Gasteiger partial charge in [-0.15, -0.1) is 0 Å². The highest BCUT2D eigenvalue weighted by atomic mass is 16.3. The predicted molar refractivity (Wildman–Crippen MR) is 50.4 cm³/mol. The van der Waals surface area contributed by atoms with E-state index in [1.807, 2.05) is 18.2 Å². The first kappa shape index (κ1) is 9.07. The number of nitrogens with two attached hydrogens (primary N) is 1. The largest absolute Gasteiger partial charge is 0.399 e. The minimum Gasteiger partial charge on any atom is -0.399 e. The molecule has 1 aliphatic carbocycles. The Labute approximate surface area is 73.1 Å². The lowest BCUT2D eigenvalue weighted by atomic mass is 9.92. The van der Waals surface area contributed by atoms with Crippen LogP contribution in [0.1, 0.15) is 13.8 Å². The first-order valence-electron chi connectivity index (χ1n) is 4.03. The van der Waals surface area contributed by atoms with Crippen LogP contribution in [-0.4, -0.2) is 11.7 Å². The van der Waals surface area contributed by atoms with E-state index in [-0.39, 0.29) is 12.0 Å². The zero-order chi connectivity index (χ0) is 9.19. The van der Waals surface area contributed by atoms with Gasteiger partial charge in [-0.2, -0.15) is 0 Å². The fourth-order valence-corrected chi connectivity index (χ4v) is 1.19. The number of allylic oxidation sites excluding steroid dienone is 4. The zero-order valence-corrected chi connectivity index (χ0v) is 7.54. The molecule has 0 aromatic heterocycles. The molecule has 0 aromatic rings. The Morgan fingerprint density at radius 3 is 2.75 bits per heavy atom. The molecule has 0 amide bonds. The second kappa shape index (κ2) is 3.15. The Kier molecular flexibility index (Phi) is 2.38. The molecule has 1 rings (SSSR count). The molecule has 66 valence electrons. The average molecular weight is 165 g/mol. The van der Waals surface area contributed by atoms with Gasteiger partial charge in [-0.1, -0.05) is 38.2 Å². The zero-order valence-electron chi connectivity index (χ0n) is 7.54. The van der Waals surface area contributed by atoms with Crippen molar-refractivity contribution in [3.63, 3.8) is 0 Å². The molecule has 0 unspecified atom stereocenters. The van der Waals surface area contributed by atoms with Crippen LogP contribution in [0.4, 0.5) is 0 Å². The molecule has 1 aliphatic rings. The van der Waals surface area contributed by atoms with Crippen LogP contribution < -0.4 is 5.73 Å². The van der Waals surface area contributed by atoms with Crippen molar-refractivity contribution in [3.05, 3.63) is 35.6 Å². The van der Waals surface area contributed by atoms with Crippen molar-refractivity contribution in [2.24, 2.45) is 11.1 Å². The Bertz CT molecular complexity index is 259. The fraction of sp³-hybridized carbons (Fsp3) is 0.400. The van der Waals surface area contributed by atoms with Gasteiger partial charge in [0.2, 0.25) is 0 Å². The maximum Gasteiger partial charge on any atom is 0.0701 e. The third-order valence-electron chi connectivity index (χ3n) is 1.89. The first-order chi connectivity index (χ1) is 5.55. The SMILES string of the molecule is CC1(C)C=CC=C(CO)C(N)=C1. The highest BCUT2D eigenvalue weighted by molar-refractivity contribution is 5.37. The summed E-state index contributed by atoms with van der Waals surface area (Å²) in [6.45, 7) is 4.15. The van der Waals surface area contributed by atoms with Crippen LogP contribution in [0.5, 0.6) is 0 Å². The van der Waals surface area contributed by atoms with E-state index in [0.717, 1.165) is 5.57 Å². The normalized spacial score (nSPS) is 21.2. The van der Waals surface area contributed by atoms with E-state index in [0.29, 0.717) is 5.70 Å². The van der Waals surface area contributed by atoms with Gasteiger partial charge in [-0.25, -0.2) is 0 Å². The van der Waals surface area contributed by atoms with Crippen molar-refractivity contribution in [1.29, 1.82) is 0 Å². The molecule has 0 radical (unpaired) electrons. The minimum absolute atomic E-state index is 0.00273. The van der Waals surface area contributed by atoms with Crippen LogP contribution >= 0.6 is 0 Å². The van der Waals surface area contributed by atoms with E-state index >= 15 is 0 Å². The molecule has 0 saturated heterocycles. The summed E-state index contributed by atoms with van der Waals surface area (Å²) in [5.41, 5.74) is 7.20. The molecular formula is C10H15NO. The van der Waals surface area contributed by atoms with E-state index in [4.69, 9.17) is 10.8 Å². The lowest BCUT2D eigenvalue weighted by Crippen LogP contribution is -2.09. The maximum atomic E-state index is 8.93. The molecule has 0 saturated carbocycles. The highest BCUT2D eigenvalue weighted by Crippen LogP contribution is 2.24. The topological polar surface area (TPSA) is 46.2 Å². The quantitative estimate of drug-likeness (QED) is 0.616. The molecule has 0 aliphatic heterocycles. The van der Waals surface area contributed by atoms with Gasteiger partial charge in [0.05, 0.1) is 6.61 Å². The smallest absolute Gasteiger partial charge is 0.0701 e. The second-order valence-electron chi connectivity index (χ2n) is 3.63. The molecule has 12 heavy (non-hydrogen) atoms. The van der Waals surface area contributed by atoms with Gasteiger partial charge in [0.15, 0.2) is 0 Å². The number of rotatable bonds is 1. The Balaban J connectivity index is 3.00. The Morgan fingerprint density at radius 1 is 1.50 bits per heavy atom. The molecule has 0 bridgehead atoms. The molecule has 0 spiro atoms. The molecule has 3 N–H and O–H groups in total. The summed E-state index contributed by atoms with van der Waals surface area (Å²) in [6.07, 6.45) is 7.80. The third-order valence-corrected chi connectivity index (χ3v) is 1.89. The van der Waals surface area contributed by atoms with Crippen molar-refractivity contribution in [2.75, 3.05) is 6.61 Å². The van der Waals surface area contributed by atoms with Gasteiger partial charge in [0.25, 0.3) is 0 Å². The molecule has 2 heteroatoms. The van der Waals surface area contributed by atoms with Gasteiger partial charge in [-0.05, 0) is 0 Å². The lowest BCUT2D eigenvalue weighted by molar-refractivity contribution is 0.333. The second-order valence-corrected chi connectivity index (χ2v) is 3.63. The van der Waals surface area contributed by atoms with Gasteiger partial charge < -0.3 is 10.8 Å². The van der Waals surface area contributed by atoms with E-state index < -0.39 is 0 Å². The molecule has 0 heterocycles. The molecular weight excluding hydrogens is 150 g/mol. The fourth-order valence-electron chi connectivity index (χ4n) is 1.19. The Hall–Kier alpha value is -1.02. The summed E-state index contributed by atoms with van der Waals surface area (Å²) < 4.78 is 0. The maximum absolute atomic E-state index is 8.93. The van der Waals surface area contributed by atoms with E-state index in [9.17, 15) is 0 Å². The summed E-state index contributed by atoms with van der Waals surface area (Å²) in [7, 11) is 0. The van der Waals surface area contributed by atoms with Crippen molar-refractivity contribution >= 4 is 0 Å². The van der Waals surface area contributed by atoms with Gasteiger partial charge in [0, 0.05) is 16.7 Å². The number of hydrogen-bond donors (Lipinski definition) is 2. The van der Waals surface area contributed by atoms with Crippen molar-refractivity contribution in [2.45, 2.75) is 13.8 Å². The molecule has 0 atom stereocenters.